The minimum Gasteiger partial charge on any atom is -0.468 e. The molecule has 0 amide bonds. The normalized spacial score (nSPS) is 12.8. The zero-order valence-corrected chi connectivity index (χ0v) is 10.2. The second-order valence-electron chi connectivity index (χ2n) is 4.13. The molecule has 1 N–H and O–H groups in total. The molecule has 1 rings (SSSR count). The Morgan fingerprint density at radius 3 is 2.75 bits per heavy atom. The quantitative estimate of drug-likeness (QED) is 0.741. The van der Waals surface area contributed by atoms with Gasteiger partial charge in [-0.05, 0) is 0 Å². The molecule has 0 saturated heterocycles. The standard InChI is InChI=1S/C11H19N3O2/c1-8(2)13-10(11(15)16-4)5-9-6-14(3)7-12-9/h6-8,10,13H,5H2,1-4H3. The maximum Gasteiger partial charge on any atom is 0.323 e. The lowest BCUT2D eigenvalue weighted by Crippen LogP contribution is -2.43. The lowest BCUT2D eigenvalue weighted by atomic mass is 10.1. The zero-order chi connectivity index (χ0) is 12.1. The summed E-state index contributed by atoms with van der Waals surface area (Å²) in [6.45, 7) is 3.99. The molecule has 0 aromatic carbocycles. The third kappa shape index (κ3) is 3.66. The van der Waals surface area contributed by atoms with Crippen LogP contribution < -0.4 is 5.32 Å². The van der Waals surface area contributed by atoms with Crippen molar-refractivity contribution < 1.29 is 9.53 Å². The van der Waals surface area contributed by atoms with Crippen LogP contribution in [0.4, 0.5) is 0 Å². The molecule has 1 aromatic rings. The van der Waals surface area contributed by atoms with E-state index in [9.17, 15) is 4.79 Å². The van der Waals surface area contributed by atoms with Gasteiger partial charge in [-0.3, -0.25) is 4.79 Å². The molecule has 5 nitrogen and oxygen atoms in total. The number of aromatic nitrogens is 2. The lowest BCUT2D eigenvalue weighted by molar-refractivity contribution is -0.143. The van der Waals surface area contributed by atoms with E-state index in [1.165, 1.54) is 7.11 Å². The Labute approximate surface area is 95.8 Å². The zero-order valence-electron chi connectivity index (χ0n) is 10.2. The summed E-state index contributed by atoms with van der Waals surface area (Å²) < 4.78 is 6.62. The number of methoxy groups -OCH3 is 1. The fourth-order valence-electron chi connectivity index (χ4n) is 1.54. The van der Waals surface area contributed by atoms with Crippen LogP contribution >= 0.6 is 0 Å². The van der Waals surface area contributed by atoms with Gasteiger partial charge in [0.1, 0.15) is 6.04 Å². The van der Waals surface area contributed by atoms with Crippen LogP contribution in [0.15, 0.2) is 12.5 Å². The van der Waals surface area contributed by atoms with Crippen LogP contribution in [0.1, 0.15) is 19.5 Å². The number of ether oxygens (including phenoxy) is 1. The van der Waals surface area contributed by atoms with Crippen LogP contribution in [0.5, 0.6) is 0 Å². The molecule has 1 aromatic heterocycles. The third-order valence-corrected chi connectivity index (χ3v) is 2.19. The van der Waals surface area contributed by atoms with Gasteiger partial charge in [-0.2, -0.15) is 0 Å². The van der Waals surface area contributed by atoms with E-state index < -0.39 is 0 Å². The highest BCUT2D eigenvalue weighted by molar-refractivity contribution is 5.76. The van der Waals surface area contributed by atoms with Gasteiger partial charge < -0.3 is 14.6 Å². The molecule has 0 radical (unpaired) electrons. The van der Waals surface area contributed by atoms with Crippen LogP contribution in [0.3, 0.4) is 0 Å². The fraction of sp³-hybridized carbons (Fsp3) is 0.636. The van der Waals surface area contributed by atoms with Gasteiger partial charge in [0.15, 0.2) is 0 Å². The van der Waals surface area contributed by atoms with Crippen molar-refractivity contribution in [1.29, 1.82) is 0 Å². The Balaban J connectivity index is 2.66. The predicted molar refractivity (Wildman–Crippen MR) is 61.0 cm³/mol. The van der Waals surface area contributed by atoms with Crippen molar-refractivity contribution in [3.63, 3.8) is 0 Å². The highest BCUT2D eigenvalue weighted by Crippen LogP contribution is 2.02. The second-order valence-corrected chi connectivity index (χ2v) is 4.13. The molecule has 1 atom stereocenters. The number of imidazole rings is 1. The van der Waals surface area contributed by atoms with E-state index in [1.54, 1.807) is 6.33 Å². The Bertz CT molecular complexity index is 347. The smallest absolute Gasteiger partial charge is 0.323 e. The number of carbonyl (C=O) groups excluding carboxylic acids is 1. The van der Waals surface area contributed by atoms with Crippen LogP contribution in [-0.2, 0) is 23.0 Å². The molecular formula is C11H19N3O2. The van der Waals surface area contributed by atoms with Gasteiger partial charge >= 0.3 is 5.97 Å². The highest BCUT2D eigenvalue weighted by Gasteiger charge is 2.21. The minimum atomic E-state index is -0.333. The Morgan fingerprint density at radius 2 is 2.31 bits per heavy atom. The summed E-state index contributed by atoms with van der Waals surface area (Å²) in [5.41, 5.74) is 0.881. The third-order valence-electron chi connectivity index (χ3n) is 2.19. The number of esters is 1. The lowest BCUT2D eigenvalue weighted by Gasteiger charge is -2.17. The molecule has 1 unspecified atom stereocenters. The maximum atomic E-state index is 11.5. The number of carbonyl (C=O) groups is 1. The molecule has 0 aliphatic heterocycles. The van der Waals surface area contributed by atoms with Gasteiger partial charge in [-0.25, -0.2) is 4.98 Å². The first-order valence-corrected chi connectivity index (χ1v) is 5.33. The molecule has 5 heteroatoms. The predicted octanol–water partition coefficient (Wildman–Crippen LogP) is 0.502. The van der Waals surface area contributed by atoms with Gasteiger partial charge in [-0.15, -0.1) is 0 Å². The Hall–Kier alpha value is -1.36. The summed E-state index contributed by atoms with van der Waals surface area (Å²) in [6.07, 6.45) is 4.17. The van der Waals surface area contributed by atoms with Crippen LogP contribution in [0.2, 0.25) is 0 Å². The summed E-state index contributed by atoms with van der Waals surface area (Å²) >= 11 is 0. The van der Waals surface area contributed by atoms with E-state index in [0.29, 0.717) is 6.42 Å². The first kappa shape index (κ1) is 12.7. The first-order chi connectivity index (χ1) is 7.52. The molecule has 90 valence electrons. The molecule has 0 bridgehead atoms. The minimum absolute atomic E-state index is 0.229. The van der Waals surface area contributed by atoms with E-state index >= 15 is 0 Å². The van der Waals surface area contributed by atoms with Crippen molar-refractivity contribution in [2.45, 2.75) is 32.4 Å². The first-order valence-electron chi connectivity index (χ1n) is 5.33. The average Bonchev–Trinajstić information content (AvgIpc) is 2.61. The summed E-state index contributed by atoms with van der Waals surface area (Å²) in [4.78, 5) is 15.7. The van der Waals surface area contributed by atoms with Crippen LogP contribution in [-0.4, -0.2) is 34.7 Å². The van der Waals surface area contributed by atoms with E-state index in [4.69, 9.17) is 4.74 Å². The molecule has 16 heavy (non-hydrogen) atoms. The molecule has 0 aliphatic carbocycles. The van der Waals surface area contributed by atoms with Crippen molar-refractivity contribution in [3.8, 4) is 0 Å². The number of hydrogen-bond donors (Lipinski definition) is 1. The number of hydrogen-bond acceptors (Lipinski definition) is 4. The molecule has 0 aliphatic rings. The van der Waals surface area contributed by atoms with Gasteiger partial charge in [-0.1, -0.05) is 13.8 Å². The van der Waals surface area contributed by atoms with Gasteiger partial charge in [0.2, 0.25) is 0 Å². The van der Waals surface area contributed by atoms with Crippen molar-refractivity contribution in [2.75, 3.05) is 7.11 Å². The van der Waals surface area contributed by atoms with Crippen molar-refractivity contribution in [2.24, 2.45) is 7.05 Å². The van der Waals surface area contributed by atoms with Crippen LogP contribution in [0, 0.1) is 0 Å². The fourth-order valence-corrected chi connectivity index (χ4v) is 1.54. The summed E-state index contributed by atoms with van der Waals surface area (Å²) in [6, 6.07) is -0.104. The van der Waals surface area contributed by atoms with Crippen molar-refractivity contribution in [1.82, 2.24) is 14.9 Å². The van der Waals surface area contributed by atoms with Gasteiger partial charge in [0.25, 0.3) is 0 Å². The van der Waals surface area contributed by atoms with Crippen LogP contribution in [0.25, 0.3) is 0 Å². The van der Waals surface area contributed by atoms with Crippen molar-refractivity contribution >= 4 is 5.97 Å². The maximum absolute atomic E-state index is 11.5. The van der Waals surface area contributed by atoms with E-state index in [-0.39, 0.29) is 18.1 Å². The van der Waals surface area contributed by atoms with E-state index in [0.717, 1.165) is 5.69 Å². The van der Waals surface area contributed by atoms with Crippen molar-refractivity contribution in [3.05, 3.63) is 18.2 Å². The number of nitrogens with one attached hydrogen (secondary N) is 1. The second kappa shape index (κ2) is 5.65. The van der Waals surface area contributed by atoms with E-state index in [1.807, 2.05) is 31.7 Å². The Kier molecular flexibility index (Phi) is 4.49. The molecule has 0 spiro atoms. The van der Waals surface area contributed by atoms with E-state index in [2.05, 4.69) is 10.3 Å². The summed E-state index contributed by atoms with van der Waals surface area (Å²) in [7, 11) is 3.30. The number of nitrogens with zero attached hydrogens (tertiary/aromatic N) is 2. The highest BCUT2D eigenvalue weighted by atomic mass is 16.5. The summed E-state index contributed by atoms with van der Waals surface area (Å²) in [5, 5.41) is 3.16. The topological polar surface area (TPSA) is 56.2 Å². The largest absolute Gasteiger partial charge is 0.468 e. The van der Waals surface area contributed by atoms with Gasteiger partial charge in [0.05, 0.1) is 19.1 Å². The number of aryl methyl sites for hydroxylation is 1. The Morgan fingerprint density at radius 1 is 1.62 bits per heavy atom. The molecular weight excluding hydrogens is 206 g/mol. The molecule has 0 fully saturated rings. The van der Waals surface area contributed by atoms with Gasteiger partial charge in [0, 0.05) is 25.7 Å². The summed E-state index contributed by atoms with van der Waals surface area (Å²) in [5.74, 6) is -0.251. The molecule has 1 heterocycles. The molecule has 0 saturated carbocycles. The number of rotatable bonds is 5. The monoisotopic (exact) mass is 225 g/mol. The SMILES string of the molecule is COC(=O)C(Cc1cn(C)cn1)NC(C)C. The average molecular weight is 225 g/mol.